The topological polar surface area (TPSA) is 74.0 Å². The lowest BCUT2D eigenvalue weighted by atomic mass is 10.1. The molecule has 21 heavy (non-hydrogen) atoms. The minimum Gasteiger partial charge on any atom is -0.486 e. The summed E-state index contributed by atoms with van der Waals surface area (Å²) in [7, 11) is 3.34. The molecule has 0 radical (unpaired) electrons. The Hall–Kier alpha value is -1.79. The van der Waals surface area contributed by atoms with Crippen LogP contribution in [0.4, 0.5) is 0 Å². The summed E-state index contributed by atoms with van der Waals surface area (Å²) in [4.78, 5) is 13.7. The molecule has 0 aromatic heterocycles. The van der Waals surface area contributed by atoms with E-state index in [1.165, 1.54) is 0 Å². The van der Waals surface area contributed by atoms with Crippen LogP contribution in [0.2, 0.25) is 0 Å². The Bertz CT molecular complexity index is 493. The molecule has 1 aliphatic rings. The summed E-state index contributed by atoms with van der Waals surface area (Å²) >= 11 is 0. The number of fused-ring (bicyclic) bond motifs is 1. The van der Waals surface area contributed by atoms with Crippen LogP contribution in [0.1, 0.15) is 12.0 Å². The Morgan fingerprint density at radius 2 is 2.10 bits per heavy atom. The van der Waals surface area contributed by atoms with Gasteiger partial charge in [-0.2, -0.15) is 0 Å². The van der Waals surface area contributed by atoms with Gasteiger partial charge < -0.3 is 24.8 Å². The van der Waals surface area contributed by atoms with Crippen molar-refractivity contribution in [2.45, 2.75) is 19.0 Å². The van der Waals surface area contributed by atoms with Crippen molar-refractivity contribution < 1.29 is 19.0 Å². The van der Waals surface area contributed by atoms with Gasteiger partial charge in [0.25, 0.3) is 0 Å². The molecule has 1 amide bonds. The number of ether oxygens (including phenoxy) is 3. The molecule has 1 heterocycles. The molecule has 0 spiro atoms. The zero-order chi connectivity index (χ0) is 15.2. The van der Waals surface area contributed by atoms with Crippen LogP contribution in [0.25, 0.3) is 0 Å². The van der Waals surface area contributed by atoms with Crippen LogP contribution >= 0.6 is 0 Å². The second-order valence-electron chi connectivity index (χ2n) is 5.06. The van der Waals surface area contributed by atoms with E-state index in [1.54, 1.807) is 19.1 Å². The Morgan fingerprint density at radius 1 is 1.38 bits per heavy atom. The first-order chi connectivity index (χ1) is 10.1. The SMILES string of the molecule is COCCC(N)C(=O)N(C)Cc1ccc2c(c1)OCCO2. The molecule has 0 bridgehead atoms. The third-order valence-electron chi connectivity index (χ3n) is 3.35. The second kappa shape index (κ2) is 7.28. The van der Waals surface area contributed by atoms with Crippen LogP contribution < -0.4 is 15.2 Å². The molecule has 0 saturated heterocycles. The van der Waals surface area contributed by atoms with Gasteiger partial charge in [0, 0.05) is 27.3 Å². The summed E-state index contributed by atoms with van der Waals surface area (Å²) in [6, 6.07) is 5.16. The van der Waals surface area contributed by atoms with E-state index in [4.69, 9.17) is 19.9 Å². The fraction of sp³-hybridized carbons (Fsp3) is 0.533. The fourth-order valence-corrected chi connectivity index (χ4v) is 2.19. The van der Waals surface area contributed by atoms with E-state index in [2.05, 4.69) is 0 Å². The smallest absolute Gasteiger partial charge is 0.239 e. The van der Waals surface area contributed by atoms with Crippen molar-refractivity contribution in [3.05, 3.63) is 23.8 Å². The van der Waals surface area contributed by atoms with Crippen LogP contribution in [-0.4, -0.2) is 50.8 Å². The Kier molecular flexibility index (Phi) is 5.41. The van der Waals surface area contributed by atoms with Crippen LogP contribution in [0.5, 0.6) is 11.5 Å². The molecule has 1 aromatic rings. The minimum atomic E-state index is -0.535. The van der Waals surface area contributed by atoms with Gasteiger partial charge in [-0.15, -0.1) is 0 Å². The number of amides is 1. The van der Waals surface area contributed by atoms with Crippen LogP contribution in [0.15, 0.2) is 18.2 Å². The average Bonchev–Trinajstić information content (AvgIpc) is 2.51. The molecule has 0 saturated carbocycles. The molecule has 116 valence electrons. The summed E-state index contributed by atoms with van der Waals surface area (Å²) in [5.41, 5.74) is 6.83. The molecule has 0 aliphatic carbocycles. The van der Waals surface area contributed by atoms with Crippen molar-refractivity contribution in [1.29, 1.82) is 0 Å². The number of carbonyl (C=O) groups excluding carboxylic acids is 1. The zero-order valence-electron chi connectivity index (χ0n) is 12.5. The molecule has 2 rings (SSSR count). The number of hydrogen-bond donors (Lipinski definition) is 1. The van der Waals surface area contributed by atoms with E-state index >= 15 is 0 Å². The van der Waals surface area contributed by atoms with Gasteiger partial charge in [-0.1, -0.05) is 6.07 Å². The number of likely N-dealkylation sites (N-methyl/N-ethyl adjacent to an activating group) is 1. The highest BCUT2D eigenvalue weighted by Crippen LogP contribution is 2.31. The molecule has 0 fully saturated rings. The standard InChI is InChI=1S/C15H22N2O4/c1-17(15(18)12(16)5-6-19-2)10-11-3-4-13-14(9-11)21-8-7-20-13/h3-4,9,12H,5-8,10,16H2,1-2H3. The maximum Gasteiger partial charge on any atom is 0.239 e. The summed E-state index contributed by atoms with van der Waals surface area (Å²) < 4.78 is 16.0. The monoisotopic (exact) mass is 294 g/mol. The summed E-state index contributed by atoms with van der Waals surface area (Å²) in [6.07, 6.45) is 0.515. The van der Waals surface area contributed by atoms with Gasteiger partial charge in [0.1, 0.15) is 13.2 Å². The molecular formula is C15H22N2O4. The average molecular weight is 294 g/mol. The molecule has 2 N–H and O–H groups in total. The molecule has 6 heteroatoms. The predicted molar refractivity (Wildman–Crippen MR) is 78.4 cm³/mol. The van der Waals surface area contributed by atoms with Crippen LogP contribution in [-0.2, 0) is 16.1 Å². The van der Waals surface area contributed by atoms with Crippen molar-refractivity contribution >= 4 is 5.91 Å². The number of carbonyl (C=O) groups is 1. The maximum absolute atomic E-state index is 12.1. The normalized spacial score (nSPS) is 14.6. The number of nitrogens with zero attached hydrogens (tertiary/aromatic N) is 1. The number of hydrogen-bond acceptors (Lipinski definition) is 5. The fourth-order valence-electron chi connectivity index (χ4n) is 2.19. The van der Waals surface area contributed by atoms with Crippen LogP contribution in [0, 0.1) is 0 Å². The van der Waals surface area contributed by atoms with Gasteiger partial charge in [0.05, 0.1) is 6.04 Å². The molecular weight excluding hydrogens is 272 g/mol. The molecule has 1 aliphatic heterocycles. The summed E-state index contributed by atoms with van der Waals surface area (Å²) in [5, 5.41) is 0. The van der Waals surface area contributed by atoms with Crippen molar-refractivity contribution in [1.82, 2.24) is 4.90 Å². The first-order valence-electron chi connectivity index (χ1n) is 7.00. The Morgan fingerprint density at radius 3 is 2.81 bits per heavy atom. The maximum atomic E-state index is 12.1. The summed E-state index contributed by atoms with van der Waals surface area (Å²) in [6.45, 7) is 2.08. The largest absolute Gasteiger partial charge is 0.486 e. The van der Waals surface area contributed by atoms with Crippen molar-refractivity contribution in [3.63, 3.8) is 0 Å². The van der Waals surface area contributed by atoms with E-state index in [-0.39, 0.29) is 5.91 Å². The van der Waals surface area contributed by atoms with E-state index in [9.17, 15) is 4.79 Å². The highest BCUT2D eigenvalue weighted by Gasteiger charge is 2.19. The summed E-state index contributed by atoms with van der Waals surface area (Å²) in [5.74, 6) is 1.38. The third kappa shape index (κ3) is 4.09. The molecule has 6 nitrogen and oxygen atoms in total. The highest BCUT2D eigenvalue weighted by molar-refractivity contribution is 5.81. The number of rotatable bonds is 6. The second-order valence-corrected chi connectivity index (χ2v) is 5.06. The van der Waals surface area contributed by atoms with Crippen molar-refractivity contribution in [3.8, 4) is 11.5 Å². The van der Waals surface area contributed by atoms with Gasteiger partial charge in [-0.25, -0.2) is 0 Å². The third-order valence-corrected chi connectivity index (χ3v) is 3.35. The van der Waals surface area contributed by atoms with Gasteiger partial charge in [-0.3, -0.25) is 4.79 Å². The minimum absolute atomic E-state index is 0.0954. The number of nitrogens with two attached hydrogens (primary N) is 1. The van der Waals surface area contributed by atoms with Crippen molar-refractivity contribution in [2.75, 3.05) is 34.0 Å². The van der Waals surface area contributed by atoms with Gasteiger partial charge >= 0.3 is 0 Å². The van der Waals surface area contributed by atoms with Crippen molar-refractivity contribution in [2.24, 2.45) is 5.73 Å². The Balaban J connectivity index is 1.95. The lowest BCUT2D eigenvalue weighted by Crippen LogP contribution is -2.42. The quantitative estimate of drug-likeness (QED) is 0.839. The molecule has 1 aromatic carbocycles. The van der Waals surface area contributed by atoms with Crippen LogP contribution in [0.3, 0.4) is 0 Å². The van der Waals surface area contributed by atoms with E-state index in [0.717, 1.165) is 17.1 Å². The van der Waals surface area contributed by atoms with E-state index in [0.29, 0.717) is 32.8 Å². The molecule has 1 unspecified atom stereocenters. The van der Waals surface area contributed by atoms with Gasteiger partial charge in [-0.05, 0) is 24.1 Å². The Labute approximate surface area is 124 Å². The number of benzene rings is 1. The highest BCUT2D eigenvalue weighted by atomic mass is 16.6. The molecule has 1 atom stereocenters. The number of methoxy groups -OCH3 is 1. The lowest BCUT2D eigenvalue weighted by Gasteiger charge is -2.23. The zero-order valence-corrected chi connectivity index (χ0v) is 12.5. The van der Waals surface area contributed by atoms with Gasteiger partial charge in [0.15, 0.2) is 11.5 Å². The first kappa shape index (κ1) is 15.6. The van der Waals surface area contributed by atoms with Gasteiger partial charge in [0.2, 0.25) is 5.91 Å². The lowest BCUT2D eigenvalue weighted by molar-refractivity contribution is -0.132. The van der Waals surface area contributed by atoms with E-state index < -0.39 is 6.04 Å². The first-order valence-corrected chi connectivity index (χ1v) is 7.00. The van der Waals surface area contributed by atoms with E-state index in [1.807, 2.05) is 18.2 Å². The predicted octanol–water partition coefficient (Wildman–Crippen LogP) is 0.780.